The Morgan fingerprint density at radius 1 is 1.36 bits per heavy atom. The highest BCUT2D eigenvalue weighted by Gasteiger charge is 2.03. The molecule has 2 aromatic rings. The van der Waals surface area contributed by atoms with E-state index in [2.05, 4.69) is 6.92 Å². The predicted octanol–water partition coefficient (Wildman–Crippen LogP) is 3.39. The average Bonchev–Trinajstić information content (AvgIpc) is 2.56. The maximum atomic E-state index is 9.27. The van der Waals surface area contributed by atoms with Gasteiger partial charge in [0.25, 0.3) is 0 Å². The molecule has 74 valence electrons. The second-order valence-electron chi connectivity index (χ2n) is 3.07. The zero-order valence-electron chi connectivity index (χ0n) is 7.99. The molecule has 1 N–H and O–H groups in total. The standard InChI is InChI=1S/C11H12O2S/c1-2-14-7-10-6-8-5-9(12)3-4-11(8)13-10/h3-6,12H,2,7H2,1H3. The van der Waals surface area contributed by atoms with E-state index in [4.69, 9.17) is 4.42 Å². The fourth-order valence-corrected chi connectivity index (χ4v) is 1.91. The van der Waals surface area contributed by atoms with Crippen LogP contribution in [-0.4, -0.2) is 10.9 Å². The molecule has 0 fully saturated rings. The topological polar surface area (TPSA) is 33.4 Å². The summed E-state index contributed by atoms with van der Waals surface area (Å²) in [5, 5.41) is 10.2. The molecule has 0 aliphatic rings. The number of benzene rings is 1. The maximum Gasteiger partial charge on any atom is 0.134 e. The Hall–Kier alpha value is -1.09. The number of furan rings is 1. The van der Waals surface area contributed by atoms with Gasteiger partial charge in [-0.2, -0.15) is 11.8 Å². The van der Waals surface area contributed by atoms with Gasteiger partial charge >= 0.3 is 0 Å². The van der Waals surface area contributed by atoms with Gasteiger partial charge in [0, 0.05) is 5.39 Å². The van der Waals surface area contributed by atoms with E-state index in [-0.39, 0.29) is 5.75 Å². The number of thioether (sulfide) groups is 1. The fraction of sp³-hybridized carbons (Fsp3) is 0.273. The molecule has 0 radical (unpaired) electrons. The van der Waals surface area contributed by atoms with Crippen LogP contribution in [0.15, 0.2) is 28.7 Å². The minimum Gasteiger partial charge on any atom is -0.508 e. The molecule has 0 saturated heterocycles. The molecule has 0 aliphatic heterocycles. The number of hydrogen-bond acceptors (Lipinski definition) is 3. The molecule has 0 unspecified atom stereocenters. The highest BCUT2D eigenvalue weighted by Crippen LogP contribution is 2.25. The van der Waals surface area contributed by atoms with Crippen molar-refractivity contribution in [2.45, 2.75) is 12.7 Å². The van der Waals surface area contributed by atoms with Crippen LogP contribution in [0.2, 0.25) is 0 Å². The highest BCUT2D eigenvalue weighted by atomic mass is 32.2. The van der Waals surface area contributed by atoms with Crippen molar-refractivity contribution in [1.82, 2.24) is 0 Å². The van der Waals surface area contributed by atoms with Crippen LogP contribution in [0, 0.1) is 0 Å². The van der Waals surface area contributed by atoms with Crippen molar-refractivity contribution in [3.8, 4) is 5.75 Å². The summed E-state index contributed by atoms with van der Waals surface area (Å²) in [7, 11) is 0. The quantitative estimate of drug-likeness (QED) is 0.839. The van der Waals surface area contributed by atoms with E-state index >= 15 is 0 Å². The molecule has 0 spiro atoms. The number of fused-ring (bicyclic) bond motifs is 1. The van der Waals surface area contributed by atoms with Crippen molar-refractivity contribution in [1.29, 1.82) is 0 Å². The zero-order valence-corrected chi connectivity index (χ0v) is 8.80. The van der Waals surface area contributed by atoms with Gasteiger partial charge in [-0.25, -0.2) is 0 Å². The molecule has 2 rings (SSSR count). The molecule has 1 heterocycles. The van der Waals surface area contributed by atoms with Crippen molar-refractivity contribution in [2.75, 3.05) is 5.75 Å². The average molecular weight is 208 g/mol. The summed E-state index contributed by atoms with van der Waals surface area (Å²) in [5.74, 6) is 3.24. The molecule has 0 aliphatic carbocycles. The predicted molar refractivity (Wildman–Crippen MR) is 59.7 cm³/mol. The van der Waals surface area contributed by atoms with E-state index in [9.17, 15) is 5.11 Å². The highest BCUT2D eigenvalue weighted by molar-refractivity contribution is 7.98. The summed E-state index contributed by atoms with van der Waals surface area (Å²) in [6, 6.07) is 7.14. The van der Waals surface area contributed by atoms with Crippen molar-refractivity contribution in [3.63, 3.8) is 0 Å². The lowest BCUT2D eigenvalue weighted by Crippen LogP contribution is -1.73. The summed E-state index contributed by atoms with van der Waals surface area (Å²) in [5.41, 5.74) is 0.842. The molecule has 14 heavy (non-hydrogen) atoms. The first-order valence-corrected chi connectivity index (χ1v) is 5.74. The smallest absolute Gasteiger partial charge is 0.134 e. The van der Waals surface area contributed by atoms with Crippen molar-refractivity contribution >= 4 is 22.7 Å². The van der Waals surface area contributed by atoms with Crippen LogP contribution in [0.4, 0.5) is 0 Å². The molecule has 0 bridgehead atoms. The summed E-state index contributed by atoms with van der Waals surface area (Å²) in [4.78, 5) is 0. The SMILES string of the molecule is CCSCc1cc2cc(O)ccc2o1. The molecular formula is C11H12O2S. The van der Waals surface area contributed by atoms with Gasteiger partial charge in [0.15, 0.2) is 0 Å². The van der Waals surface area contributed by atoms with Crippen LogP contribution in [0.1, 0.15) is 12.7 Å². The third-order valence-corrected chi connectivity index (χ3v) is 2.90. The lowest BCUT2D eigenvalue weighted by molar-refractivity contribution is 0.475. The van der Waals surface area contributed by atoms with Gasteiger partial charge in [0.05, 0.1) is 5.75 Å². The van der Waals surface area contributed by atoms with Gasteiger partial charge in [-0.1, -0.05) is 6.92 Å². The molecule has 1 aromatic heterocycles. The van der Waals surface area contributed by atoms with Gasteiger partial charge in [-0.05, 0) is 30.0 Å². The Bertz CT molecular complexity index is 434. The van der Waals surface area contributed by atoms with Crippen LogP contribution in [-0.2, 0) is 5.75 Å². The molecular weight excluding hydrogens is 196 g/mol. The summed E-state index contributed by atoms with van der Waals surface area (Å²) < 4.78 is 5.59. The molecule has 0 saturated carbocycles. The monoisotopic (exact) mass is 208 g/mol. The number of aromatic hydroxyl groups is 1. The van der Waals surface area contributed by atoms with Crippen LogP contribution >= 0.6 is 11.8 Å². The third kappa shape index (κ3) is 1.87. The van der Waals surface area contributed by atoms with Crippen LogP contribution in [0.25, 0.3) is 11.0 Å². The van der Waals surface area contributed by atoms with E-state index in [1.54, 1.807) is 18.2 Å². The Morgan fingerprint density at radius 2 is 2.21 bits per heavy atom. The van der Waals surface area contributed by atoms with Crippen molar-refractivity contribution in [3.05, 3.63) is 30.0 Å². The summed E-state index contributed by atoms with van der Waals surface area (Å²) >= 11 is 1.82. The Morgan fingerprint density at radius 3 is 3.00 bits per heavy atom. The minimum absolute atomic E-state index is 0.285. The second-order valence-corrected chi connectivity index (χ2v) is 4.35. The first-order valence-electron chi connectivity index (χ1n) is 4.59. The summed E-state index contributed by atoms with van der Waals surface area (Å²) in [6.45, 7) is 2.12. The number of rotatable bonds is 3. The number of phenols is 1. The van der Waals surface area contributed by atoms with E-state index in [0.29, 0.717) is 0 Å². The van der Waals surface area contributed by atoms with Crippen LogP contribution in [0.3, 0.4) is 0 Å². The maximum absolute atomic E-state index is 9.27. The molecule has 1 aromatic carbocycles. The van der Waals surface area contributed by atoms with E-state index in [1.807, 2.05) is 17.8 Å². The summed E-state index contributed by atoms with van der Waals surface area (Å²) in [6.07, 6.45) is 0. The van der Waals surface area contributed by atoms with Crippen LogP contribution < -0.4 is 0 Å². The normalized spacial score (nSPS) is 10.9. The Balaban J connectivity index is 2.32. The number of hydrogen-bond donors (Lipinski definition) is 1. The molecule has 0 amide bonds. The molecule has 3 heteroatoms. The lowest BCUT2D eigenvalue weighted by Gasteiger charge is -1.91. The van der Waals surface area contributed by atoms with E-state index in [0.717, 1.165) is 28.2 Å². The van der Waals surface area contributed by atoms with Crippen molar-refractivity contribution in [2.24, 2.45) is 0 Å². The Kier molecular flexibility index (Phi) is 2.68. The van der Waals surface area contributed by atoms with Gasteiger partial charge in [-0.3, -0.25) is 0 Å². The number of phenolic OH excluding ortho intramolecular Hbond substituents is 1. The van der Waals surface area contributed by atoms with E-state index < -0.39 is 0 Å². The van der Waals surface area contributed by atoms with Crippen molar-refractivity contribution < 1.29 is 9.52 Å². The minimum atomic E-state index is 0.285. The largest absolute Gasteiger partial charge is 0.508 e. The van der Waals surface area contributed by atoms with E-state index in [1.165, 1.54) is 0 Å². The first-order chi connectivity index (χ1) is 6.79. The molecule has 2 nitrogen and oxygen atoms in total. The zero-order chi connectivity index (χ0) is 9.97. The molecule has 0 atom stereocenters. The fourth-order valence-electron chi connectivity index (χ4n) is 1.36. The second kappa shape index (κ2) is 3.96. The van der Waals surface area contributed by atoms with Gasteiger partial charge in [0.2, 0.25) is 0 Å². The van der Waals surface area contributed by atoms with Crippen LogP contribution in [0.5, 0.6) is 5.75 Å². The third-order valence-electron chi connectivity index (χ3n) is 2.00. The van der Waals surface area contributed by atoms with Gasteiger partial charge in [0.1, 0.15) is 17.1 Å². The van der Waals surface area contributed by atoms with Gasteiger partial charge in [-0.15, -0.1) is 0 Å². The van der Waals surface area contributed by atoms with Gasteiger partial charge < -0.3 is 9.52 Å². The first kappa shape index (κ1) is 9.46. The Labute approximate surface area is 86.9 Å². The lowest BCUT2D eigenvalue weighted by atomic mass is 10.2.